The summed E-state index contributed by atoms with van der Waals surface area (Å²) in [6, 6.07) is 26.8. The molecule has 0 bridgehead atoms. The summed E-state index contributed by atoms with van der Waals surface area (Å²) in [7, 11) is 0. The molecule has 3 aromatic rings. The molecule has 0 amide bonds. The monoisotopic (exact) mass is 474 g/mol. The van der Waals surface area contributed by atoms with Gasteiger partial charge in [0, 0.05) is 0 Å². The summed E-state index contributed by atoms with van der Waals surface area (Å²) in [6.07, 6.45) is 0. The molecule has 2 heteroatoms. The van der Waals surface area contributed by atoms with Gasteiger partial charge in [-0.05, 0) is 0 Å². The van der Waals surface area contributed by atoms with Crippen LogP contribution in [0.4, 0.5) is 0 Å². The van der Waals surface area contributed by atoms with Crippen LogP contribution in [0, 0.1) is 26.2 Å². The number of rotatable bonds is 4. The minimum absolute atomic E-state index is 0.162. The van der Waals surface area contributed by atoms with Crippen LogP contribution in [0.15, 0.2) is 94.8 Å². The molecule has 4 rings (SSSR count). The van der Waals surface area contributed by atoms with Gasteiger partial charge in [0.05, 0.1) is 0 Å². The average Bonchev–Trinajstić information content (AvgIpc) is 2.93. The second-order valence-electron chi connectivity index (χ2n) is 10.4. The van der Waals surface area contributed by atoms with Crippen molar-refractivity contribution >= 4 is 33.1 Å². The van der Waals surface area contributed by atoms with Crippen molar-refractivity contribution in [1.82, 2.24) is 0 Å². The van der Waals surface area contributed by atoms with Crippen LogP contribution in [0.2, 0.25) is 0 Å². The van der Waals surface area contributed by atoms with E-state index < -0.39 is 5.96 Å². The maximum absolute atomic E-state index is 8.65. The van der Waals surface area contributed by atoms with Crippen LogP contribution in [0.5, 0.6) is 0 Å². The van der Waals surface area contributed by atoms with Crippen molar-refractivity contribution < 1.29 is 0 Å². The van der Waals surface area contributed by atoms with Crippen molar-refractivity contribution in [2.75, 3.05) is 0 Å². The number of allylic oxidation sites excluding steroid dienone is 4. The molecule has 0 unspecified atom stereocenters. The molecule has 172 valence electrons. The normalized spacial score (nSPS) is 17.3. The van der Waals surface area contributed by atoms with Gasteiger partial charge in [-0.15, -0.1) is 0 Å². The molecule has 0 aliphatic heterocycles. The van der Waals surface area contributed by atoms with Crippen LogP contribution < -0.4 is 15.9 Å². The third-order valence-corrected chi connectivity index (χ3v) is 15.6. The summed E-state index contributed by atoms with van der Waals surface area (Å²) in [5, 5.41) is 5.06. The first-order valence-corrected chi connectivity index (χ1v) is 14.9. The fourth-order valence-electron chi connectivity index (χ4n) is 5.92. The second kappa shape index (κ2) is 7.97. The minimum atomic E-state index is -3.59. The van der Waals surface area contributed by atoms with Crippen molar-refractivity contribution in [3.63, 3.8) is 0 Å². The first-order chi connectivity index (χ1) is 15.4. The molecule has 1 aliphatic rings. The zero-order valence-corrected chi connectivity index (χ0v) is 22.9. The van der Waals surface area contributed by atoms with E-state index in [2.05, 4.69) is 128 Å². The van der Waals surface area contributed by atoms with Crippen LogP contribution in [-0.2, 0) is 0 Å². The number of halogens is 1. The number of aryl methyl sites for hydroxylation is 3. The maximum atomic E-state index is 8.65. The van der Waals surface area contributed by atoms with Crippen LogP contribution in [-0.4, -0.2) is 0 Å². The predicted octanol–water partition coefficient (Wildman–Crippen LogP) is 8.25. The summed E-state index contributed by atoms with van der Waals surface area (Å²) >= 11 is 8.65. The van der Waals surface area contributed by atoms with Crippen LogP contribution in [0.3, 0.4) is 0 Å². The van der Waals surface area contributed by atoms with Gasteiger partial charge in [0.1, 0.15) is 0 Å². The molecule has 0 spiro atoms. The SMILES string of the molecule is CC1=C(C)C(C)(C)C(P(Cl)(c2cccc(C)c2)(c2cccc(C)c2)c2cccc(C)c2)=C1C. The number of hydrogen-bond donors (Lipinski definition) is 0. The van der Waals surface area contributed by atoms with Gasteiger partial charge in [-0.2, -0.15) is 0 Å². The molecule has 1 aliphatic carbocycles. The van der Waals surface area contributed by atoms with E-state index in [1.54, 1.807) is 0 Å². The Bertz CT molecular complexity index is 1210. The Labute approximate surface area is 205 Å². The molecule has 0 N–H and O–H groups in total. The van der Waals surface area contributed by atoms with Crippen molar-refractivity contribution in [3.05, 3.63) is 112 Å². The van der Waals surface area contributed by atoms with E-state index >= 15 is 0 Å². The summed E-state index contributed by atoms with van der Waals surface area (Å²) < 4.78 is 0. The summed E-state index contributed by atoms with van der Waals surface area (Å²) in [4.78, 5) is 0. The van der Waals surface area contributed by atoms with Crippen LogP contribution >= 0.6 is 17.2 Å². The Morgan fingerprint density at radius 2 is 0.939 bits per heavy atom. The van der Waals surface area contributed by atoms with Gasteiger partial charge in [-0.1, -0.05) is 0 Å². The zero-order chi connectivity index (χ0) is 24.2. The zero-order valence-electron chi connectivity index (χ0n) is 21.3. The quantitative estimate of drug-likeness (QED) is 0.334. The van der Waals surface area contributed by atoms with E-state index in [0.717, 1.165) is 0 Å². The Hall–Kier alpha value is -2.14. The van der Waals surface area contributed by atoms with E-state index in [9.17, 15) is 0 Å². The number of hydrogen-bond acceptors (Lipinski definition) is 0. The van der Waals surface area contributed by atoms with E-state index in [0.29, 0.717) is 0 Å². The van der Waals surface area contributed by atoms with Gasteiger partial charge in [0.25, 0.3) is 0 Å². The first kappa shape index (κ1) is 24.0. The van der Waals surface area contributed by atoms with E-state index in [-0.39, 0.29) is 5.41 Å². The van der Waals surface area contributed by atoms with Crippen molar-refractivity contribution in [2.45, 2.75) is 55.4 Å². The molecule has 3 aromatic carbocycles. The fraction of sp³-hybridized carbons (Fsp3) is 0.290. The van der Waals surface area contributed by atoms with Gasteiger partial charge < -0.3 is 0 Å². The molecule has 0 nitrogen and oxygen atoms in total. The average molecular weight is 475 g/mol. The topological polar surface area (TPSA) is 0 Å². The fourth-order valence-corrected chi connectivity index (χ4v) is 14.0. The molecular formula is C31H36ClP. The standard InChI is InChI=1S/C31H36ClP/c1-21-12-9-15-27(18-21)33(32,28-16-10-13-22(2)19-28,29-17-11-14-23(3)20-29)30-25(5)24(4)26(6)31(30,7)8/h9-20H,1-8H3. The van der Waals surface area contributed by atoms with Gasteiger partial charge in [0.15, 0.2) is 0 Å². The summed E-state index contributed by atoms with van der Waals surface area (Å²) in [5.74, 6) is -3.59. The van der Waals surface area contributed by atoms with E-state index in [1.807, 2.05) is 0 Å². The molecule has 0 saturated heterocycles. The Morgan fingerprint density at radius 1 is 0.576 bits per heavy atom. The molecule has 0 saturated carbocycles. The second-order valence-corrected chi connectivity index (χ2v) is 16.4. The molecule has 0 aromatic heterocycles. The Kier molecular flexibility index (Phi) is 5.80. The third-order valence-electron chi connectivity index (χ3n) is 7.89. The molecular weight excluding hydrogens is 439 g/mol. The molecule has 0 radical (unpaired) electrons. The molecule has 0 heterocycles. The number of benzene rings is 3. The summed E-state index contributed by atoms with van der Waals surface area (Å²) in [6.45, 7) is 18.1. The van der Waals surface area contributed by atoms with Crippen LogP contribution in [0.25, 0.3) is 0 Å². The van der Waals surface area contributed by atoms with Gasteiger partial charge >= 0.3 is 205 Å². The first-order valence-electron chi connectivity index (χ1n) is 11.8. The van der Waals surface area contributed by atoms with Crippen molar-refractivity contribution in [2.24, 2.45) is 5.41 Å². The van der Waals surface area contributed by atoms with Gasteiger partial charge in [0.2, 0.25) is 0 Å². The van der Waals surface area contributed by atoms with E-state index in [4.69, 9.17) is 11.2 Å². The van der Waals surface area contributed by atoms with Gasteiger partial charge in [-0.3, -0.25) is 0 Å². The van der Waals surface area contributed by atoms with E-state index in [1.165, 1.54) is 54.6 Å². The van der Waals surface area contributed by atoms with Crippen molar-refractivity contribution in [1.29, 1.82) is 0 Å². The summed E-state index contributed by atoms with van der Waals surface area (Å²) in [5.41, 5.74) is 7.67. The Morgan fingerprint density at radius 3 is 1.21 bits per heavy atom. The molecule has 0 atom stereocenters. The van der Waals surface area contributed by atoms with Gasteiger partial charge in [-0.25, -0.2) is 0 Å². The van der Waals surface area contributed by atoms with Crippen LogP contribution in [0.1, 0.15) is 51.3 Å². The Balaban J connectivity index is 2.34. The predicted molar refractivity (Wildman–Crippen MR) is 150 cm³/mol. The van der Waals surface area contributed by atoms with Crippen molar-refractivity contribution in [3.8, 4) is 0 Å². The third kappa shape index (κ3) is 3.30. The molecule has 0 fully saturated rings. The molecule has 33 heavy (non-hydrogen) atoms.